The molecule has 0 aromatic heterocycles. The molecule has 0 aliphatic heterocycles. The normalized spacial score (nSPS) is 10.9. The first-order valence-corrected chi connectivity index (χ1v) is 7.60. The summed E-state index contributed by atoms with van der Waals surface area (Å²) in [5.74, 6) is -0.289. The van der Waals surface area contributed by atoms with Gasteiger partial charge in [0.05, 0.1) is 0 Å². The Labute approximate surface area is 146 Å². The highest BCUT2D eigenvalue weighted by Crippen LogP contribution is 2.10. The van der Waals surface area contributed by atoms with E-state index in [4.69, 9.17) is 10.6 Å². The lowest BCUT2D eigenvalue weighted by atomic mass is 10.2. The van der Waals surface area contributed by atoms with E-state index in [0.29, 0.717) is 16.8 Å². The van der Waals surface area contributed by atoms with Crippen LogP contribution < -0.4 is 11.1 Å². The highest BCUT2D eigenvalue weighted by molar-refractivity contribution is 5.97. The molecule has 0 radical (unpaired) electrons. The van der Waals surface area contributed by atoms with Gasteiger partial charge in [-0.2, -0.15) is 0 Å². The van der Waals surface area contributed by atoms with Crippen molar-refractivity contribution in [1.82, 2.24) is 4.90 Å². The second-order valence-corrected chi connectivity index (χ2v) is 5.44. The Morgan fingerprint density at radius 3 is 2.28 bits per heavy atom. The summed E-state index contributed by atoms with van der Waals surface area (Å²) in [7, 11) is 3.36. The van der Waals surface area contributed by atoms with Crippen LogP contribution in [-0.2, 0) is 9.63 Å². The number of nitrogens with two attached hydrogens (primary N) is 1. The van der Waals surface area contributed by atoms with Crippen LogP contribution in [0, 0.1) is 0 Å². The van der Waals surface area contributed by atoms with Crippen molar-refractivity contribution in [3.8, 4) is 0 Å². The summed E-state index contributed by atoms with van der Waals surface area (Å²) in [6.45, 7) is -0.272. The van der Waals surface area contributed by atoms with Crippen LogP contribution in [0.3, 0.4) is 0 Å². The van der Waals surface area contributed by atoms with Crippen LogP contribution in [0.5, 0.6) is 0 Å². The molecule has 2 rings (SSSR count). The Bertz CT molecular complexity index is 756. The molecule has 0 bridgehead atoms. The Morgan fingerprint density at radius 1 is 1.04 bits per heavy atom. The fourth-order valence-electron chi connectivity index (χ4n) is 1.97. The van der Waals surface area contributed by atoms with Crippen LogP contribution in [0.2, 0.25) is 0 Å². The molecule has 0 spiro atoms. The molecule has 25 heavy (non-hydrogen) atoms. The topological polar surface area (TPSA) is 97.0 Å². The van der Waals surface area contributed by atoms with Gasteiger partial charge in [0, 0.05) is 30.9 Å². The van der Waals surface area contributed by atoms with E-state index in [1.807, 2.05) is 18.2 Å². The summed E-state index contributed by atoms with van der Waals surface area (Å²) in [5, 5.41) is 6.37. The van der Waals surface area contributed by atoms with Crippen molar-refractivity contribution in [3.63, 3.8) is 0 Å². The lowest BCUT2D eigenvalue weighted by Crippen LogP contribution is -2.22. The second kappa shape index (κ2) is 8.49. The third-order valence-corrected chi connectivity index (χ3v) is 3.25. The van der Waals surface area contributed by atoms with Gasteiger partial charge < -0.3 is 20.8 Å². The predicted octanol–water partition coefficient (Wildman–Crippen LogP) is 1.66. The highest BCUT2D eigenvalue weighted by Gasteiger charge is 2.08. The molecule has 0 heterocycles. The minimum atomic E-state index is -0.378. The quantitative estimate of drug-likeness (QED) is 0.475. The average Bonchev–Trinajstić information content (AvgIpc) is 2.62. The summed E-state index contributed by atoms with van der Waals surface area (Å²) in [4.78, 5) is 30.1. The fraction of sp³-hybridized carbons (Fsp3) is 0.167. The van der Waals surface area contributed by atoms with E-state index in [1.54, 1.807) is 50.5 Å². The highest BCUT2D eigenvalue weighted by atomic mass is 16.6. The molecular weight excluding hydrogens is 320 g/mol. The van der Waals surface area contributed by atoms with Crippen LogP contribution in [-0.4, -0.2) is 43.3 Å². The van der Waals surface area contributed by atoms with Crippen molar-refractivity contribution in [3.05, 3.63) is 65.7 Å². The molecule has 0 fully saturated rings. The zero-order valence-corrected chi connectivity index (χ0v) is 14.1. The Hall–Kier alpha value is -3.35. The van der Waals surface area contributed by atoms with Gasteiger partial charge in [-0.25, -0.2) is 0 Å². The maximum absolute atomic E-state index is 11.8. The van der Waals surface area contributed by atoms with Crippen molar-refractivity contribution in [2.45, 2.75) is 0 Å². The number of nitrogens with zero attached hydrogens (tertiary/aromatic N) is 2. The SMILES string of the molecule is CN(C)C(=O)c1ccc(NC(=O)CO/N=C(\N)c2ccccc2)cc1. The molecule has 0 saturated heterocycles. The zero-order chi connectivity index (χ0) is 18.2. The molecule has 2 aromatic carbocycles. The molecule has 130 valence electrons. The second-order valence-electron chi connectivity index (χ2n) is 5.44. The number of carbonyl (C=O) groups excluding carboxylic acids is 2. The molecule has 3 N–H and O–H groups in total. The number of rotatable bonds is 6. The third kappa shape index (κ3) is 5.35. The summed E-state index contributed by atoms with van der Waals surface area (Å²) in [6, 6.07) is 15.7. The van der Waals surface area contributed by atoms with Crippen molar-refractivity contribution >= 4 is 23.3 Å². The number of carbonyl (C=O) groups is 2. The van der Waals surface area contributed by atoms with Gasteiger partial charge in [-0.3, -0.25) is 9.59 Å². The average molecular weight is 340 g/mol. The number of hydrogen-bond acceptors (Lipinski definition) is 4. The van der Waals surface area contributed by atoms with E-state index in [0.717, 1.165) is 0 Å². The van der Waals surface area contributed by atoms with Crippen molar-refractivity contribution in [2.24, 2.45) is 10.9 Å². The smallest absolute Gasteiger partial charge is 0.265 e. The van der Waals surface area contributed by atoms with E-state index in [2.05, 4.69) is 10.5 Å². The van der Waals surface area contributed by atoms with Gasteiger partial charge in [0.1, 0.15) is 0 Å². The fourth-order valence-corrected chi connectivity index (χ4v) is 1.97. The molecule has 2 aromatic rings. The van der Waals surface area contributed by atoms with Gasteiger partial charge in [-0.05, 0) is 24.3 Å². The van der Waals surface area contributed by atoms with E-state index in [9.17, 15) is 9.59 Å². The van der Waals surface area contributed by atoms with Crippen molar-refractivity contribution in [2.75, 3.05) is 26.0 Å². The predicted molar refractivity (Wildman–Crippen MR) is 96.2 cm³/mol. The number of hydrogen-bond donors (Lipinski definition) is 2. The summed E-state index contributed by atoms with van der Waals surface area (Å²) in [5.41, 5.74) is 7.57. The minimum absolute atomic E-state index is 0.105. The van der Waals surface area contributed by atoms with E-state index < -0.39 is 0 Å². The van der Waals surface area contributed by atoms with Crippen molar-refractivity contribution in [1.29, 1.82) is 0 Å². The van der Waals surface area contributed by atoms with Crippen LogP contribution in [0.4, 0.5) is 5.69 Å². The van der Waals surface area contributed by atoms with Gasteiger partial charge in [-0.15, -0.1) is 0 Å². The zero-order valence-electron chi connectivity index (χ0n) is 14.1. The first-order chi connectivity index (χ1) is 12.0. The third-order valence-electron chi connectivity index (χ3n) is 3.25. The van der Waals surface area contributed by atoms with Crippen molar-refractivity contribution < 1.29 is 14.4 Å². The number of oxime groups is 1. The van der Waals surface area contributed by atoms with E-state index in [-0.39, 0.29) is 24.3 Å². The van der Waals surface area contributed by atoms with Crippen LogP contribution in [0.15, 0.2) is 59.8 Å². The molecule has 0 aliphatic rings. The molecule has 7 nitrogen and oxygen atoms in total. The number of benzene rings is 2. The van der Waals surface area contributed by atoms with Gasteiger partial charge in [0.2, 0.25) is 0 Å². The molecular formula is C18H20N4O3. The largest absolute Gasteiger partial charge is 0.384 e. The van der Waals surface area contributed by atoms with Crippen LogP contribution in [0.25, 0.3) is 0 Å². The maximum Gasteiger partial charge on any atom is 0.265 e. The lowest BCUT2D eigenvalue weighted by molar-refractivity contribution is -0.120. The molecule has 2 amide bonds. The molecule has 7 heteroatoms. The number of amides is 2. The standard InChI is InChI=1S/C18H20N4O3/c1-22(2)18(24)14-8-10-15(11-9-14)20-16(23)12-25-21-17(19)13-6-4-3-5-7-13/h3-11H,12H2,1-2H3,(H2,19,21)(H,20,23). The van der Waals surface area contributed by atoms with Gasteiger partial charge in [0.15, 0.2) is 12.4 Å². The first-order valence-electron chi connectivity index (χ1n) is 7.60. The van der Waals surface area contributed by atoms with Gasteiger partial charge in [-0.1, -0.05) is 35.5 Å². The Balaban J connectivity index is 1.85. The number of anilines is 1. The Morgan fingerprint density at radius 2 is 1.68 bits per heavy atom. The minimum Gasteiger partial charge on any atom is -0.384 e. The Kier molecular flexibility index (Phi) is 6.11. The van der Waals surface area contributed by atoms with Crippen LogP contribution in [0.1, 0.15) is 15.9 Å². The number of nitrogens with one attached hydrogen (secondary N) is 1. The monoisotopic (exact) mass is 340 g/mol. The first kappa shape index (κ1) is 18.0. The molecule has 0 saturated carbocycles. The molecule has 0 unspecified atom stereocenters. The molecule has 0 aliphatic carbocycles. The van der Waals surface area contributed by atoms with Crippen LogP contribution >= 0.6 is 0 Å². The number of amidine groups is 1. The van der Waals surface area contributed by atoms with E-state index >= 15 is 0 Å². The summed E-state index contributed by atoms with van der Waals surface area (Å²) in [6.07, 6.45) is 0. The van der Waals surface area contributed by atoms with Gasteiger partial charge in [0.25, 0.3) is 11.8 Å². The lowest BCUT2D eigenvalue weighted by Gasteiger charge is -2.10. The summed E-state index contributed by atoms with van der Waals surface area (Å²) >= 11 is 0. The maximum atomic E-state index is 11.8. The molecule has 0 atom stereocenters. The van der Waals surface area contributed by atoms with Gasteiger partial charge >= 0.3 is 0 Å². The van der Waals surface area contributed by atoms with E-state index in [1.165, 1.54) is 4.90 Å². The summed E-state index contributed by atoms with van der Waals surface area (Å²) < 4.78 is 0.